The van der Waals surface area contributed by atoms with Crippen LogP contribution >= 0.6 is 0 Å². The van der Waals surface area contributed by atoms with Crippen LogP contribution in [0.3, 0.4) is 0 Å². The van der Waals surface area contributed by atoms with Gasteiger partial charge in [-0.1, -0.05) is 6.92 Å². The van der Waals surface area contributed by atoms with Crippen LogP contribution in [0.2, 0.25) is 0 Å². The summed E-state index contributed by atoms with van der Waals surface area (Å²) >= 11 is 0. The second-order valence-electron chi connectivity index (χ2n) is 4.34. The Morgan fingerprint density at radius 1 is 1.44 bits per heavy atom. The van der Waals surface area contributed by atoms with E-state index >= 15 is 0 Å². The highest BCUT2D eigenvalue weighted by Gasteiger charge is 2.10. The number of nitrogens with one attached hydrogen (secondary N) is 2. The average molecular weight is 254 g/mol. The molecule has 0 saturated heterocycles. The molecule has 1 rings (SSSR count). The van der Waals surface area contributed by atoms with Gasteiger partial charge in [0.2, 0.25) is 5.82 Å². The van der Waals surface area contributed by atoms with Crippen LogP contribution in [0.5, 0.6) is 0 Å². The zero-order valence-corrected chi connectivity index (χ0v) is 11.3. The maximum atomic E-state index is 11.6. The second-order valence-corrected chi connectivity index (χ2v) is 4.34. The first kappa shape index (κ1) is 14.6. The number of hydrogen-bond donors (Lipinski definition) is 2. The first-order valence-electron chi connectivity index (χ1n) is 6.44. The summed E-state index contributed by atoms with van der Waals surface area (Å²) in [6, 6.07) is 0. The van der Waals surface area contributed by atoms with Crippen LogP contribution in [0.4, 0.5) is 0 Å². The molecule has 1 heterocycles. The van der Waals surface area contributed by atoms with Crippen molar-refractivity contribution in [2.45, 2.75) is 46.1 Å². The van der Waals surface area contributed by atoms with Crippen molar-refractivity contribution in [2.75, 3.05) is 13.2 Å². The summed E-state index contributed by atoms with van der Waals surface area (Å²) in [4.78, 5) is 15.7. The second kappa shape index (κ2) is 7.81. The van der Waals surface area contributed by atoms with Gasteiger partial charge in [0, 0.05) is 19.6 Å². The molecular weight excluding hydrogens is 232 g/mol. The molecule has 18 heavy (non-hydrogen) atoms. The van der Waals surface area contributed by atoms with Gasteiger partial charge in [0.25, 0.3) is 5.91 Å². The smallest absolute Gasteiger partial charge is 0.290 e. The Morgan fingerprint density at radius 2 is 2.22 bits per heavy atom. The molecule has 0 spiro atoms. The molecule has 0 unspecified atom stereocenters. The standard InChI is InChI=1S/C12H22N4O2/c1-4-10-14-11(16-15-10)12(17)13-7-5-6-8-18-9(2)3/h9H,4-8H2,1-3H3,(H,13,17)(H,14,15,16). The van der Waals surface area contributed by atoms with E-state index < -0.39 is 0 Å². The number of aromatic nitrogens is 3. The van der Waals surface area contributed by atoms with Crippen molar-refractivity contribution in [1.82, 2.24) is 20.5 Å². The molecule has 0 radical (unpaired) electrons. The molecule has 0 fully saturated rings. The molecule has 0 saturated carbocycles. The maximum Gasteiger partial charge on any atom is 0.290 e. The van der Waals surface area contributed by atoms with E-state index in [1.807, 2.05) is 20.8 Å². The fourth-order valence-corrected chi connectivity index (χ4v) is 1.38. The number of rotatable bonds is 8. The van der Waals surface area contributed by atoms with Gasteiger partial charge in [-0.15, -0.1) is 5.10 Å². The molecule has 102 valence electrons. The Morgan fingerprint density at radius 3 is 2.83 bits per heavy atom. The van der Waals surface area contributed by atoms with Crippen molar-refractivity contribution in [2.24, 2.45) is 0 Å². The molecule has 0 aromatic carbocycles. The summed E-state index contributed by atoms with van der Waals surface area (Å²) in [6.07, 6.45) is 2.84. The van der Waals surface area contributed by atoms with Gasteiger partial charge in [-0.2, -0.15) is 0 Å². The number of ether oxygens (including phenoxy) is 1. The third kappa shape index (κ3) is 5.27. The van der Waals surface area contributed by atoms with E-state index in [0.717, 1.165) is 31.7 Å². The van der Waals surface area contributed by atoms with Gasteiger partial charge in [0.05, 0.1) is 6.10 Å². The molecule has 0 atom stereocenters. The third-order valence-corrected chi connectivity index (χ3v) is 2.38. The Balaban J connectivity index is 2.13. The molecular formula is C12H22N4O2. The zero-order chi connectivity index (χ0) is 13.4. The van der Waals surface area contributed by atoms with Gasteiger partial charge in [0.1, 0.15) is 5.82 Å². The first-order valence-corrected chi connectivity index (χ1v) is 6.44. The van der Waals surface area contributed by atoms with Crippen molar-refractivity contribution in [3.63, 3.8) is 0 Å². The maximum absolute atomic E-state index is 11.6. The fraction of sp³-hybridized carbons (Fsp3) is 0.750. The van der Waals surface area contributed by atoms with Gasteiger partial charge < -0.3 is 10.1 Å². The number of carbonyl (C=O) groups is 1. The third-order valence-electron chi connectivity index (χ3n) is 2.38. The van der Waals surface area contributed by atoms with Crippen LogP contribution in [0.25, 0.3) is 0 Å². The summed E-state index contributed by atoms with van der Waals surface area (Å²) in [5.41, 5.74) is 0. The predicted molar refractivity (Wildman–Crippen MR) is 68.4 cm³/mol. The Labute approximate surface area is 108 Å². The quantitative estimate of drug-likeness (QED) is 0.685. The number of hydrogen-bond acceptors (Lipinski definition) is 4. The van der Waals surface area contributed by atoms with E-state index in [4.69, 9.17) is 4.74 Å². The lowest BCUT2D eigenvalue weighted by Gasteiger charge is -2.07. The lowest BCUT2D eigenvalue weighted by Crippen LogP contribution is -2.25. The number of H-pyrrole nitrogens is 1. The first-order chi connectivity index (χ1) is 8.63. The molecule has 0 aliphatic carbocycles. The topological polar surface area (TPSA) is 79.9 Å². The molecule has 1 aromatic heterocycles. The minimum absolute atomic E-state index is 0.213. The fourth-order valence-electron chi connectivity index (χ4n) is 1.38. The number of nitrogens with zero attached hydrogens (tertiary/aromatic N) is 2. The van der Waals surface area contributed by atoms with E-state index in [9.17, 15) is 4.79 Å². The SMILES string of the molecule is CCc1nc(C(=O)NCCCCOC(C)C)n[nH]1. The normalized spacial score (nSPS) is 10.9. The van der Waals surface area contributed by atoms with E-state index in [1.165, 1.54) is 0 Å². The largest absolute Gasteiger partial charge is 0.379 e. The minimum Gasteiger partial charge on any atom is -0.379 e. The summed E-state index contributed by atoms with van der Waals surface area (Å²) in [5.74, 6) is 0.714. The van der Waals surface area contributed by atoms with Crippen LogP contribution in [0.1, 0.15) is 50.1 Å². The van der Waals surface area contributed by atoms with Gasteiger partial charge >= 0.3 is 0 Å². The van der Waals surface area contributed by atoms with Crippen LogP contribution in [-0.4, -0.2) is 40.3 Å². The number of aryl methyl sites for hydroxylation is 1. The Bertz CT molecular complexity index is 363. The van der Waals surface area contributed by atoms with Gasteiger partial charge in [0.15, 0.2) is 0 Å². The molecule has 1 aromatic rings. The monoisotopic (exact) mass is 254 g/mol. The molecule has 2 N–H and O–H groups in total. The number of aromatic amines is 1. The zero-order valence-electron chi connectivity index (χ0n) is 11.3. The van der Waals surface area contributed by atoms with Gasteiger partial charge in [-0.25, -0.2) is 4.98 Å². The highest BCUT2D eigenvalue weighted by Crippen LogP contribution is 1.95. The van der Waals surface area contributed by atoms with Crippen LogP contribution in [-0.2, 0) is 11.2 Å². The number of amides is 1. The lowest BCUT2D eigenvalue weighted by molar-refractivity contribution is 0.0754. The Hall–Kier alpha value is -1.43. The van der Waals surface area contributed by atoms with Crippen LogP contribution < -0.4 is 5.32 Å². The summed E-state index contributed by atoms with van der Waals surface area (Å²) < 4.78 is 5.41. The lowest BCUT2D eigenvalue weighted by atomic mass is 10.3. The number of unbranched alkanes of at least 4 members (excludes halogenated alkanes) is 1. The van der Waals surface area contributed by atoms with E-state index in [-0.39, 0.29) is 17.8 Å². The highest BCUT2D eigenvalue weighted by molar-refractivity contribution is 5.90. The van der Waals surface area contributed by atoms with Crippen molar-refractivity contribution < 1.29 is 9.53 Å². The van der Waals surface area contributed by atoms with Gasteiger partial charge in [-0.3, -0.25) is 9.89 Å². The summed E-state index contributed by atoms with van der Waals surface area (Å²) in [5, 5.41) is 9.35. The highest BCUT2D eigenvalue weighted by atomic mass is 16.5. The molecule has 6 nitrogen and oxygen atoms in total. The van der Waals surface area contributed by atoms with E-state index in [0.29, 0.717) is 6.54 Å². The summed E-state index contributed by atoms with van der Waals surface area (Å²) in [7, 11) is 0. The Kier molecular flexibility index (Phi) is 6.35. The van der Waals surface area contributed by atoms with Crippen LogP contribution in [0.15, 0.2) is 0 Å². The molecule has 6 heteroatoms. The van der Waals surface area contributed by atoms with Crippen molar-refractivity contribution >= 4 is 5.91 Å². The molecule has 1 amide bonds. The molecule has 0 bridgehead atoms. The molecule has 0 aliphatic rings. The average Bonchev–Trinajstić information content (AvgIpc) is 2.81. The van der Waals surface area contributed by atoms with Crippen LogP contribution in [0, 0.1) is 0 Å². The van der Waals surface area contributed by atoms with Gasteiger partial charge in [-0.05, 0) is 26.7 Å². The summed E-state index contributed by atoms with van der Waals surface area (Å²) in [6.45, 7) is 7.33. The molecule has 0 aliphatic heterocycles. The number of carbonyl (C=O) groups excluding carboxylic acids is 1. The van der Waals surface area contributed by atoms with Crippen molar-refractivity contribution in [3.05, 3.63) is 11.6 Å². The van der Waals surface area contributed by atoms with E-state index in [2.05, 4.69) is 20.5 Å². The van der Waals surface area contributed by atoms with E-state index in [1.54, 1.807) is 0 Å². The van der Waals surface area contributed by atoms with Crippen molar-refractivity contribution in [3.8, 4) is 0 Å². The van der Waals surface area contributed by atoms with Crippen molar-refractivity contribution in [1.29, 1.82) is 0 Å². The minimum atomic E-state index is -0.226. The predicted octanol–water partition coefficient (Wildman–Crippen LogP) is 1.30.